The molecule has 0 N–H and O–H groups in total. The average molecular weight is 359 g/mol. The Bertz CT molecular complexity index is 715. The number of hydrogen-bond acceptors (Lipinski definition) is 4. The number of hydrogen-bond donors (Lipinski definition) is 0. The first-order chi connectivity index (χ1) is 11.9. The van der Waals surface area contributed by atoms with E-state index in [4.69, 9.17) is 9.47 Å². The Hall–Kier alpha value is -2.14. The lowest BCUT2D eigenvalue weighted by molar-refractivity contribution is -0.129. The van der Waals surface area contributed by atoms with Gasteiger partial charge in [0.2, 0.25) is 5.91 Å². The molecular weight excluding hydrogens is 334 g/mol. The monoisotopic (exact) mass is 359 g/mol. The van der Waals surface area contributed by atoms with Crippen molar-refractivity contribution in [3.8, 4) is 11.5 Å². The first-order valence-electron chi connectivity index (χ1n) is 8.13. The van der Waals surface area contributed by atoms with Crippen molar-refractivity contribution < 1.29 is 14.3 Å². The summed E-state index contributed by atoms with van der Waals surface area (Å²) in [6.07, 6.45) is 0. The third-order valence-corrected chi connectivity index (χ3v) is 5.03. The quantitative estimate of drug-likeness (QED) is 0.696. The van der Waals surface area contributed by atoms with Crippen molar-refractivity contribution in [2.75, 3.05) is 21.3 Å². The molecule has 0 aromatic heterocycles. The van der Waals surface area contributed by atoms with Crippen LogP contribution in [0.4, 0.5) is 0 Å². The van der Waals surface area contributed by atoms with E-state index < -0.39 is 0 Å². The lowest BCUT2D eigenvalue weighted by Crippen LogP contribution is -2.32. The van der Waals surface area contributed by atoms with Crippen LogP contribution in [0.1, 0.15) is 18.1 Å². The van der Waals surface area contributed by atoms with E-state index in [2.05, 4.69) is 31.2 Å². The third-order valence-electron chi connectivity index (χ3n) is 3.93. The molecule has 4 nitrogen and oxygen atoms in total. The minimum atomic E-state index is -0.146. The van der Waals surface area contributed by atoms with Gasteiger partial charge in [-0.15, -0.1) is 11.8 Å². The third kappa shape index (κ3) is 5.16. The van der Waals surface area contributed by atoms with E-state index in [1.54, 1.807) is 30.9 Å². The van der Waals surface area contributed by atoms with Crippen molar-refractivity contribution in [2.45, 2.75) is 30.5 Å². The summed E-state index contributed by atoms with van der Waals surface area (Å²) >= 11 is 1.58. The number of amides is 1. The van der Waals surface area contributed by atoms with Crippen LogP contribution in [0.3, 0.4) is 0 Å². The Morgan fingerprint density at radius 1 is 1.08 bits per heavy atom. The highest BCUT2D eigenvalue weighted by Crippen LogP contribution is 2.29. The highest BCUT2D eigenvalue weighted by molar-refractivity contribution is 8.00. The summed E-state index contributed by atoms with van der Waals surface area (Å²) in [4.78, 5) is 15.5. The number of methoxy groups -OCH3 is 2. The van der Waals surface area contributed by atoms with Gasteiger partial charge in [0.1, 0.15) is 0 Å². The largest absolute Gasteiger partial charge is 0.493 e. The molecule has 2 rings (SSSR count). The van der Waals surface area contributed by atoms with Crippen molar-refractivity contribution in [1.29, 1.82) is 0 Å². The lowest BCUT2D eigenvalue weighted by Gasteiger charge is -2.22. The summed E-state index contributed by atoms with van der Waals surface area (Å²) in [5.74, 6) is 1.45. The molecule has 2 aromatic rings. The maximum Gasteiger partial charge on any atom is 0.235 e. The zero-order chi connectivity index (χ0) is 18.4. The Balaban J connectivity index is 2.00. The van der Waals surface area contributed by atoms with E-state index in [0.717, 1.165) is 10.5 Å². The number of aryl methyl sites for hydroxylation is 1. The van der Waals surface area contributed by atoms with Gasteiger partial charge >= 0.3 is 0 Å². The smallest absolute Gasteiger partial charge is 0.235 e. The Kier molecular flexibility index (Phi) is 6.76. The predicted molar refractivity (Wildman–Crippen MR) is 103 cm³/mol. The summed E-state index contributed by atoms with van der Waals surface area (Å²) in [5.41, 5.74) is 2.22. The van der Waals surface area contributed by atoms with Gasteiger partial charge in [-0.1, -0.05) is 23.8 Å². The lowest BCUT2D eigenvalue weighted by atomic mass is 10.2. The number of ether oxygens (including phenoxy) is 2. The first-order valence-corrected chi connectivity index (χ1v) is 9.01. The maximum absolute atomic E-state index is 12.6. The number of thioether (sulfide) groups is 1. The van der Waals surface area contributed by atoms with E-state index in [9.17, 15) is 4.79 Å². The molecule has 0 aliphatic rings. The summed E-state index contributed by atoms with van der Waals surface area (Å²) in [5, 5.41) is -0.146. The van der Waals surface area contributed by atoms with Crippen molar-refractivity contribution in [2.24, 2.45) is 0 Å². The zero-order valence-electron chi connectivity index (χ0n) is 15.4. The van der Waals surface area contributed by atoms with Crippen LogP contribution in [0, 0.1) is 6.92 Å². The van der Waals surface area contributed by atoms with Crippen LogP contribution in [0.5, 0.6) is 11.5 Å². The van der Waals surface area contributed by atoms with Crippen molar-refractivity contribution in [3.05, 3.63) is 53.6 Å². The van der Waals surface area contributed by atoms with Crippen molar-refractivity contribution >= 4 is 17.7 Å². The molecule has 25 heavy (non-hydrogen) atoms. The van der Waals surface area contributed by atoms with E-state index >= 15 is 0 Å². The molecule has 0 aliphatic carbocycles. The first kappa shape index (κ1) is 19.2. The molecule has 0 saturated heterocycles. The SMILES string of the molecule is COc1ccc(CN(C)C(=O)[C@@H](C)Sc2ccc(C)cc2)cc1OC. The molecule has 1 amide bonds. The van der Waals surface area contributed by atoms with Gasteiger partial charge in [-0.3, -0.25) is 4.79 Å². The second kappa shape index (κ2) is 8.81. The normalized spacial score (nSPS) is 11.7. The summed E-state index contributed by atoms with van der Waals surface area (Å²) in [7, 11) is 5.04. The molecule has 0 bridgehead atoms. The molecule has 0 spiro atoms. The minimum absolute atomic E-state index is 0.0976. The van der Waals surface area contributed by atoms with Gasteiger partial charge in [0.15, 0.2) is 11.5 Å². The summed E-state index contributed by atoms with van der Waals surface area (Å²) in [6.45, 7) is 4.52. The van der Waals surface area contributed by atoms with Crippen LogP contribution in [0.15, 0.2) is 47.4 Å². The fourth-order valence-corrected chi connectivity index (χ4v) is 3.49. The topological polar surface area (TPSA) is 38.8 Å². The fourth-order valence-electron chi connectivity index (χ4n) is 2.51. The highest BCUT2D eigenvalue weighted by Gasteiger charge is 2.19. The number of nitrogens with zero attached hydrogens (tertiary/aromatic N) is 1. The van der Waals surface area contributed by atoms with E-state index in [1.807, 2.05) is 32.2 Å². The van der Waals surface area contributed by atoms with Crippen molar-refractivity contribution in [1.82, 2.24) is 4.90 Å². The van der Waals surface area contributed by atoms with E-state index in [0.29, 0.717) is 18.0 Å². The van der Waals surface area contributed by atoms with Gasteiger partial charge in [0.05, 0.1) is 19.5 Å². The zero-order valence-corrected chi connectivity index (χ0v) is 16.2. The van der Waals surface area contributed by atoms with Gasteiger partial charge in [0, 0.05) is 18.5 Å². The summed E-state index contributed by atoms with van der Waals surface area (Å²) < 4.78 is 10.6. The number of carbonyl (C=O) groups is 1. The average Bonchev–Trinajstić information content (AvgIpc) is 2.62. The molecule has 5 heteroatoms. The van der Waals surface area contributed by atoms with Gasteiger partial charge in [-0.05, 0) is 43.7 Å². The molecule has 1 atom stereocenters. The number of carbonyl (C=O) groups excluding carboxylic acids is 1. The van der Waals surface area contributed by atoms with Crippen LogP contribution in [-0.4, -0.2) is 37.3 Å². The summed E-state index contributed by atoms with van der Waals surface area (Å²) in [6, 6.07) is 13.9. The standard InChI is InChI=1S/C20H25NO3S/c1-14-6-9-17(10-7-14)25-15(2)20(22)21(3)13-16-8-11-18(23-4)19(12-16)24-5/h6-12,15H,13H2,1-5H3/t15-/m1/s1. The van der Waals surface area contributed by atoms with Gasteiger partial charge in [-0.2, -0.15) is 0 Å². The molecule has 0 saturated carbocycles. The van der Waals surface area contributed by atoms with Crippen molar-refractivity contribution in [3.63, 3.8) is 0 Å². The molecule has 0 fully saturated rings. The second-order valence-electron chi connectivity index (χ2n) is 5.96. The van der Waals surface area contributed by atoms with Crippen LogP contribution >= 0.6 is 11.8 Å². The van der Waals surface area contributed by atoms with Gasteiger partial charge in [0.25, 0.3) is 0 Å². The molecule has 0 aliphatic heterocycles. The van der Waals surface area contributed by atoms with E-state index in [-0.39, 0.29) is 11.2 Å². The van der Waals surface area contributed by atoms with Gasteiger partial charge in [-0.25, -0.2) is 0 Å². The molecule has 0 radical (unpaired) electrons. The highest BCUT2D eigenvalue weighted by atomic mass is 32.2. The van der Waals surface area contributed by atoms with Crippen LogP contribution in [-0.2, 0) is 11.3 Å². The molecular formula is C20H25NO3S. The second-order valence-corrected chi connectivity index (χ2v) is 7.37. The Morgan fingerprint density at radius 3 is 2.32 bits per heavy atom. The Labute approximate surface area is 154 Å². The predicted octanol–water partition coefficient (Wildman–Crippen LogP) is 4.15. The maximum atomic E-state index is 12.6. The van der Waals surface area contributed by atoms with Gasteiger partial charge < -0.3 is 14.4 Å². The van der Waals surface area contributed by atoms with Crippen LogP contribution < -0.4 is 9.47 Å². The number of benzene rings is 2. The Morgan fingerprint density at radius 2 is 1.72 bits per heavy atom. The molecule has 0 unspecified atom stereocenters. The molecule has 2 aromatic carbocycles. The fraction of sp³-hybridized carbons (Fsp3) is 0.350. The van der Waals surface area contributed by atoms with Crippen LogP contribution in [0.25, 0.3) is 0 Å². The molecule has 134 valence electrons. The molecule has 0 heterocycles. The number of rotatable bonds is 7. The van der Waals surface area contributed by atoms with E-state index in [1.165, 1.54) is 5.56 Å². The van der Waals surface area contributed by atoms with Crippen LogP contribution in [0.2, 0.25) is 0 Å². The minimum Gasteiger partial charge on any atom is -0.493 e.